The summed E-state index contributed by atoms with van der Waals surface area (Å²) >= 11 is 7.16. The standard InChI is InChI=1S/C19H24N2O2S2/c1-23-17(22)12-6-3-7-13-20-19(24)21-18(16-11-8-14-25-16)15-9-4-2-5-10-15/h2,4-5,8-11,14,18H,3,6-7,12-13H2,1H3,(H2,20,21,24)/t18-/m1/s1. The summed E-state index contributed by atoms with van der Waals surface area (Å²) in [7, 11) is 1.42. The molecule has 2 aromatic rings. The molecule has 134 valence electrons. The first-order valence-electron chi connectivity index (χ1n) is 8.40. The molecule has 0 unspecified atom stereocenters. The van der Waals surface area contributed by atoms with Crippen molar-refractivity contribution in [1.82, 2.24) is 10.6 Å². The van der Waals surface area contributed by atoms with E-state index in [0.29, 0.717) is 11.5 Å². The van der Waals surface area contributed by atoms with E-state index in [2.05, 4.69) is 45.0 Å². The predicted molar refractivity (Wildman–Crippen MR) is 107 cm³/mol. The van der Waals surface area contributed by atoms with Crippen LogP contribution in [0.1, 0.15) is 42.2 Å². The number of thiophene rings is 1. The Balaban J connectivity index is 1.78. The van der Waals surface area contributed by atoms with Gasteiger partial charge < -0.3 is 15.4 Å². The summed E-state index contributed by atoms with van der Waals surface area (Å²) in [6, 6.07) is 14.5. The minimum Gasteiger partial charge on any atom is -0.469 e. The molecule has 1 aromatic heterocycles. The number of carbonyl (C=O) groups excluding carboxylic acids is 1. The van der Waals surface area contributed by atoms with Gasteiger partial charge in [0.25, 0.3) is 0 Å². The second-order valence-corrected chi connectivity index (χ2v) is 7.03. The van der Waals surface area contributed by atoms with Crippen LogP contribution in [0.3, 0.4) is 0 Å². The van der Waals surface area contributed by atoms with Gasteiger partial charge in [0.15, 0.2) is 5.11 Å². The number of hydrogen-bond acceptors (Lipinski definition) is 4. The van der Waals surface area contributed by atoms with Gasteiger partial charge in [-0.05, 0) is 42.1 Å². The molecule has 1 atom stereocenters. The Labute approximate surface area is 158 Å². The topological polar surface area (TPSA) is 50.4 Å². The van der Waals surface area contributed by atoms with E-state index in [-0.39, 0.29) is 12.0 Å². The Morgan fingerprint density at radius 2 is 1.96 bits per heavy atom. The Hall–Kier alpha value is -1.92. The molecule has 1 aromatic carbocycles. The number of methoxy groups -OCH3 is 1. The molecule has 4 nitrogen and oxygen atoms in total. The second kappa shape index (κ2) is 10.8. The van der Waals surface area contributed by atoms with Crippen LogP contribution in [-0.2, 0) is 9.53 Å². The maximum atomic E-state index is 11.1. The van der Waals surface area contributed by atoms with Crippen LogP contribution >= 0.6 is 23.6 Å². The van der Waals surface area contributed by atoms with Crippen molar-refractivity contribution >= 4 is 34.6 Å². The van der Waals surface area contributed by atoms with Crippen LogP contribution < -0.4 is 10.6 Å². The number of hydrogen-bond donors (Lipinski definition) is 2. The van der Waals surface area contributed by atoms with Crippen molar-refractivity contribution in [2.45, 2.75) is 31.7 Å². The molecule has 2 N–H and O–H groups in total. The largest absolute Gasteiger partial charge is 0.469 e. The molecular formula is C19H24N2O2S2. The number of esters is 1. The monoisotopic (exact) mass is 376 g/mol. The van der Waals surface area contributed by atoms with Crippen LogP contribution in [0.25, 0.3) is 0 Å². The van der Waals surface area contributed by atoms with Crippen LogP contribution in [-0.4, -0.2) is 24.7 Å². The van der Waals surface area contributed by atoms with Gasteiger partial charge in [-0.25, -0.2) is 0 Å². The number of rotatable bonds is 9. The summed E-state index contributed by atoms with van der Waals surface area (Å²) in [6.45, 7) is 0.791. The average Bonchev–Trinajstić information content (AvgIpc) is 3.17. The van der Waals surface area contributed by atoms with E-state index in [0.717, 1.165) is 25.8 Å². The van der Waals surface area contributed by atoms with Crippen molar-refractivity contribution in [3.63, 3.8) is 0 Å². The third-order valence-electron chi connectivity index (χ3n) is 3.81. The quantitative estimate of drug-likeness (QED) is 0.393. The number of thiocarbonyl (C=S) groups is 1. The van der Waals surface area contributed by atoms with Crippen molar-refractivity contribution in [3.8, 4) is 0 Å². The highest BCUT2D eigenvalue weighted by molar-refractivity contribution is 7.80. The third kappa shape index (κ3) is 6.84. The third-order valence-corrected chi connectivity index (χ3v) is 5.01. The summed E-state index contributed by atoms with van der Waals surface area (Å²) < 4.78 is 4.63. The van der Waals surface area contributed by atoms with Crippen LogP contribution in [0.5, 0.6) is 0 Å². The average molecular weight is 377 g/mol. The van der Waals surface area contributed by atoms with Gasteiger partial charge in [-0.15, -0.1) is 11.3 Å². The Morgan fingerprint density at radius 3 is 2.64 bits per heavy atom. The highest BCUT2D eigenvalue weighted by Gasteiger charge is 2.15. The molecule has 0 saturated carbocycles. The molecule has 0 bridgehead atoms. The van der Waals surface area contributed by atoms with Gasteiger partial charge in [-0.2, -0.15) is 0 Å². The molecule has 0 aliphatic heterocycles. The van der Waals surface area contributed by atoms with Gasteiger partial charge in [-0.1, -0.05) is 42.8 Å². The van der Waals surface area contributed by atoms with E-state index in [4.69, 9.17) is 12.2 Å². The molecule has 25 heavy (non-hydrogen) atoms. The number of carbonyl (C=O) groups is 1. The fourth-order valence-electron chi connectivity index (χ4n) is 2.48. The molecule has 0 saturated heterocycles. The van der Waals surface area contributed by atoms with E-state index in [1.165, 1.54) is 17.6 Å². The van der Waals surface area contributed by atoms with E-state index >= 15 is 0 Å². The minimum absolute atomic E-state index is 0.0560. The van der Waals surface area contributed by atoms with E-state index in [1.54, 1.807) is 11.3 Å². The van der Waals surface area contributed by atoms with Crippen LogP contribution in [0.2, 0.25) is 0 Å². The molecule has 0 aliphatic rings. The first-order chi connectivity index (χ1) is 12.2. The lowest BCUT2D eigenvalue weighted by Gasteiger charge is -2.20. The zero-order valence-electron chi connectivity index (χ0n) is 14.4. The summed E-state index contributed by atoms with van der Waals surface area (Å²) in [5.74, 6) is -0.146. The number of benzene rings is 1. The van der Waals surface area contributed by atoms with E-state index < -0.39 is 0 Å². The lowest BCUT2D eigenvalue weighted by molar-refractivity contribution is -0.140. The van der Waals surface area contributed by atoms with Gasteiger partial charge in [0.1, 0.15) is 0 Å². The van der Waals surface area contributed by atoms with Gasteiger partial charge in [0, 0.05) is 17.8 Å². The van der Waals surface area contributed by atoms with Crippen molar-refractivity contribution in [1.29, 1.82) is 0 Å². The van der Waals surface area contributed by atoms with Crippen molar-refractivity contribution in [2.75, 3.05) is 13.7 Å². The molecule has 0 fully saturated rings. The van der Waals surface area contributed by atoms with Gasteiger partial charge >= 0.3 is 5.97 Å². The highest BCUT2D eigenvalue weighted by atomic mass is 32.1. The molecule has 0 radical (unpaired) electrons. The van der Waals surface area contributed by atoms with Crippen molar-refractivity contribution < 1.29 is 9.53 Å². The fourth-order valence-corrected chi connectivity index (χ4v) is 3.50. The Morgan fingerprint density at radius 1 is 1.16 bits per heavy atom. The van der Waals surface area contributed by atoms with E-state index in [1.807, 2.05) is 18.2 Å². The first kappa shape index (κ1) is 19.4. The minimum atomic E-state index is -0.146. The second-order valence-electron chi connectivity index (χ2n) is 5.65. The van der Waals surface area contributed by atoms with E-state index in [9.17, 15) is 4.79 Å². The molecule has 6 heteroatoms. The summed E-state index contributed by atoms with van der Waals surface area (Å²) in [6.07, 6.45) is 3.26. The van der Waals surface area contributed by atoms with Crippen molar-refractivity contribution in [2.24, 2.45) is 0 Å². The maximum absolute atomic E-state index is 11.1. The van der Waals surface area contributed by atoms with Gasteiger partial charge in [0.05, 0.1) is 13.2 Å². The fraction of sp³-hybridized carbons (Fsp3) is 0.368. The summed E-state index contributed by atoms with van der Waals surface area (Å²) in [4.78, 5) is 12.3. The normalized spacial score (nSPS) is 11.6. The first-order valence-corrected chi connectivity index (χ1v) is 9.69. The van der Waals surface area contributed by atoms with Crippen LogP contribution in [0, 0.1) is 0 Å². The Kier molecular flexibility index (Phi) is 8.42. The lowest BCUT2D eigenvalue weighted by Crippen LogP contribution is -2.38. The SMILES string of the molecule is COC(=O)CCCCCNC(=S)N[C@H](c1ccccc1)c1cccs1. The van der Waals surface area contributed by atoms with Gasteiger partial charge in [0.2, 0.25) is 0 Å². The predicted octanol–water partition coefficient (Wildman–Crippen LogP) is 4.04. The highest BCUT2D eigenvalue weighted by Crippen LogP contribution is 2.25. The van der Waals surface area contributed by atoms with Crippen LogP contribution in [0.4, 0.5) is 0 Å². The maximum Gasteiger partial charge on any atom is 0.305 e. The molecule has 0 amide bonds. The number of ether oxygens (including phenoxy) is 1. The number of nitrogens with one attached hydrogen (secondary N) is 2. The summed E-state index contributed by atoms with van der Waals surface area (Å²) in [5.41, 5.74) is 1.19. The van der Waals surface area contributed by atoms with Crippen molar-refractivity contribution in [3.05, 3.63) is 58.3 Å². The molecule has 2 rings (SSSR count). The summed E-state index contributed by atoms with van der Waals surface area (Å²) in [5, 5.41) is 9.39. The zero-order valence-corrected chi connectivity index (χ0v) is 16.0. The molecule has 0 spiro atoms. The number of unbranched alkanes of at least 4 members (excludes halogenated alkanes) is 2. The Bertz CT molecular complexity index is 645. The van der Waals surface area contributed by atoms with Gasteiger partial charge in [-0.3, -0.25) is 4.79 Å². The molecular weight excluding hydrogens is 352 g/mol. The molecule has 1 heterocycles. The lowest BCUT2D eigenvalue weighted by atomic mass is 10.1. The smallest absolute Gasteiger partial charge is 0.305 e. The zero-order chi connectivity index (χ0) is 17.9. The molecule has 0 aliphatic carbocycles. The van der Waals surface area contributed by atoms with Crippen LogP contribution in [0.15, 0.2) is 47.8 Å².